The summed E-state index contributed by atoms with van der Waals surface area (Å²) in [5.74, 6) is 1.81. The summed E-state index contributed by atoms with van der Waals surface area (Å²) >= 11 is 0. The molecule has 3 aliphatic rings. The van der Waals surface area contributed by atoms with Gasteiger partial charge in [-0.1, -0.05) is 187 Å². The number of hydrogen-bond acceptors (Lipinski definition) is 1. The highest BCUT2D eigenvalue weighted by molar-refractivity contribution is 6.99. The number of para-hydroxylation sites is 5. The van der Waals surface area contributed by atoms with E-state index in [9.17, 15) is 0 Å². The van der Waals surface area contributed by atoms with Gasteiger partial charge in [0, 0.05) is 33.1 Å². The zero-order chi connectivity index (χ0) is 38.0. The van der Waals surface area contributed by atoms with Crippen molar-refractivity contribution < 1.29 is 4.74 Å². The first kappa shape index (κ1) is 31.8. The summed E-state index contributed by atoms with van der Waals surface area (Å²) in [7, 11) is 0. The molecular formula is C55H34BNO. The molecule has 0 N–H and O–H groups in total. The van der Waals surface area contributed by atoms with Crippen LogP contribution in [0.2, 0.25) is 0 Å². The van der Waals surface area contributed by atoms with E-state index in [0.717, 1.165) is 11.5 Å². The minimum absolute atomic E-state index is 0.0744. The highest BCUT2D eigenvalue weighted by atomic mass is 16.5. The van der Waals surface area contributed by atoms with Gasteiger partial charge in [-0.15, -0.1) is 0 Å². The Balaban J connectivity index is 1.23. The Kier molecular flexibility index (Phi) is 6.49. The lowest BCUT2D eigenvalue weighted by atomic mass is 9.33. The van der Waals surface area contributed by atoms with Crippen LogP contribution in [0, 0.1) is 0 Å². The zero-order valence-electron chi connectivity index (χ0n) is 31.6. The van der Waals surface area contributed by atoms with Crippen LogP contribution in [0.25, 0.3) is 60.9 Å². The van der Waals surface area contributed by atoms with Crippen molar-refractivity contribution in [3.05, 3.63) is 229 Å². The third-order valence-corrected chi connectivity index (χ3v) is 13.1. The SMILES string of the molecule is c1ccc(-c2cc(-c3ccccc3)c(B3c4cccc5c4-n4c6c3cccc6c3cccc(c34)C53c4ccccc4Oc4ccccc43)c(-c3ccccc3)c2)cc1. The van der Waals surface area contributed by atoms with Gasteiger partial charge in [-0.05, 0) is 79.7 Å². The van der Waals surface area contributed by atoms with Crippen LogP contribution in [0.5, 0.6) is 11.5 Å². The Morgan fingerprint density at radius 2 is 0.862 bits per heavy atom. The van der Waals surface area contributed by atoms with Gasteiger partial charge in [-0.25, -0.2) is 0 Å². The van der Waals surface area contributed by atoms with E-state index in [2.05, 4.69) is 211 Å². The molecule has 0 unspecified atom stereocenters. The van der Waals surface area contributed by atoms with Crippen LogP contribution < -0.4 is 21.1 Å². The van der Waals surface area contributed by atoms with Crippen LogP contribution in [0.15, 0.2) is 206 Å². The Bertz CT molecular complexity index is 3210. The fourth-order valence-electron chi connectivity index (χ4n) is 10.9. The van der Waals surface area contributed by atoms with Crippen molar-refractivity contribution in [2.24, 2.45) is 0 Å². The van der Waals surface area contributed by atoms with Crippen molar-refractivity contribution in [2.45, 2.75) is 5.41 Å². The van der Waals surface area contributed by atoms with Gasteiger partial charge >= 0.3 is 0 Å². The standard InChI is InChI=1S/C55H34BNO/c1-4-17-35(18-5-1)38-33-41(36-19-6-2-7-20-36)51(42(34-38)37-21-8-3-9-22-37)56-47-29-15-24-40-39-23-14-27-45-52(39)57(53(40)47)54-46(28-16-30-48(54)56)55(45)43-25-10-12-31-49(43)58-50-32-13-11-26-44(50)55/h1-34H. The molecule has 0 fully saturated rings. The van der Waals surface area contributed by atoms with Crippen LogP contribution >= 0.6 is 0 Å². The molecule has 2 nitrogen and oxygen atoms in total. The van der Waals surface area contributed by atoms with E-state index in [1.54, 1.807) is 0 Å². The van der Waals surface area contributed by atoms with Crippen molar-refractivity contribution in [3.8, 4) is 50.6 Å². The molecule has 58 heavy (non-hydrogen) atoms. The van der Waals surface area contributed by atoms with Crippen molar-refractivity contribution in [1.82, 2.24) is 4.57 Å². The fraction of sp³-hybridized carbons (Fsp3) is 0.0182. The Morgan fingerprint density at radius 1 is 0.379 bits per heavy atom. The lowest BCUT2D eigenvalue weighted by Crippen LogP contribution is -2.58. The third-order valence-electron chi connectivity index (χ3n) is 13.1. The normalized spacial score (nSPS) is 13.8. The summed E-state index contributed by atoms with van der Waals surface area (Å²) < 4.78 is 9.40. The largest absolute Gasteiger partial charge is 0.457 e. The maximum Gasteiger partial charge on any atom is 0.248 e. The Morgan fingerprint density at radius 3 is 1.50 bits per heavy atom. The van der Waals surface area contributed by atoms with Gasteiger partial charge in [0.15, 0.2) is 0 Å². The van der Waals surface area contributed by atoms with E-state index in [1.807, 2.05) is 0 Å². The van der Waals surface area contributed by atoms with Gasteiger partial charge in [0.05, 0.1) is 10.9 Å². The van der Waals surface area contributed by atoms with Crippen molar-refractivity contribution in [2.75, 3.05) is 0 Å². The van der Waals surface area contributed by atoms with E-state index < -0.39 is 5.41 Å². The maximum atomic E-state index is 6.77. The molecule has 3 aliphatic heterocycles. The second kappa shape index (κ2) is 11.8. The van der Waals surface area contributed by atoms with E-state index in [1.165, 1.54) is 99.5 Å². The molecule has 0 amide bonds. The smallest absolute Gasteiger partial charge is 0.248 e. The summed E-state index contributed by atoms with van der Waals surface area (Å²) in [4.78, 5) is 0. The highest BCUT2D eigenvalue weighted by Gasteiger charge is 2.52. The molecule has 0 saturated carbocycles. The van der Waals surface area contributed by atoms with E-state index >= 15 is 0 Å². The van der Waals surface area contributed by atoms with E-state index in [0.29, 0.717) is 0 Å². The number of aromatic nitrogens is 1. The van der Waals surface area contributed by atoms with Crippen molar-refractivity contribution >= 4 is 44.9 Å². The predicted molar refractivity (Wildman–Crippen MR) is 240 cm³/mol. The number of hydrogen-bond donors (Lipinski definition) is 0. The molecule has 0 bridgehead atoms. The summed E-state index contributed by atoms with van der Waals surface area (Å²) in [6.07, 6.45) is 0. The van der Waals surface area contributed by atoms with E-state index in [4.69, 9.17) is 4.74 Å². The first-order chi connectivity index (χ1) is 28.8. The first-order valence-electron chi connectivity index (χ1n) is 20.2. The molecule has 1 aromatic heterocycles. The van der Waals surface area contributed by atoms with Gasteiger partial charge in [-0.3, -0.25) is 0 Å². The lowest BCUT2D eigenvalue weighted by molar-refractivity contribution is 0.434. The monoisotopic (exact) mass is 735 g/mol. The Labute approximate surface area is 337 Å². The molecule has 13 rings (SSSR count). The molecular weight excluding hydrogens is 701 g/mol. The third kappa shape index (κ3) is 4.07. The molecule has 0 saturated heterocycles. The van der Waals surface area contributed by atoms with Crippen LogP contribution in [0.1, 0.15) is 22.3 Å². The van der Waals surface area contributed by atoms with Crippen LogP contribution in [-0.4, -0.2) is 11.3 Å². The van der Waals surface area contributed by atoms with Crippen molar-refractivity contribution in [1.29, 1.82) is 0 Å². The van der Waals surface area contributed by atoms with Crippen LogP contribution in [0.4, 0.5) is 0 Å². The number of fused-ring (bicyclic) bond motifs is 7. The predicted octanol–water partition coefficient (Wildman–Crippen LogP) is 11.4. The second-order valence-corrected chi connectivity index (χ2v) is 15.9. The molecule has 0 atom stereocenters. The molecule has 1 spiro atoms. The summed E-state index contributed by atoms with van der Waals surface area (Å²) in [5.41, 5.74) is 19.5. The lowest BCUT2D eigenvalue weighted by Gasteiger charge is -2.46. The first-order valence-corrected chi connectivity index (χ1v) is 20.2. The molecule has 3 heteroatoms. The topological polar surface area (TPSA) is 14.2 Å². The highest BCUT2D eigenvalue weighted by Crippen LogP contribution is 2.60. The molecule has 0 aliphatic carbocycles. The average Bonchev–Trinajstić information content (AvgIpc) is 3.64. The zero-order valence-corrected chi connectivity index (χ0v) is 31.6. The maximum absolute atomic E-state index is 6.77. The summed E-state index contributed by atoms with van der Waals surface area (Å²) in [5, 5.41) is 2.57. The van der Waals surface area contributed by atoms with Crippen LogP contribution in [0.3, 0.4) is 0 Å². The molecule has 268 valence electrons. The quantitative estimate of drug-likeness (QED) is 0.164. The minimum Gasteiger partial charge on any atom is -0.457 e. The van der Waals surface area contributed by atoms with Gasteiger partial charge in [0.2, 0.25) is 6.71 Å². The number of nitrogens with zero attached hydrogens (tertiary/aromatic N) is 1. The van der Waals surface area contributed by atoms with Gasteiger partial charge in [0.1, 0.15) is 11.5 Å². The van der Waals surface area contributed by atoms with Gasteiger partial charge in [0.25, 0.3) is 0 Å². The number of benzene rings is 9. The fourth-order valence-corrected chi connectivity index (χ4v) is 10.9. The number of rotatable bonds is 4. The summed E-state index contributed by atoms with van der Waals surface area (Å²) in [6.45, 7) is -0.0744. The molecule has 9 aromatic carbocycles. The minimum atomic E-state index is -0.607. The van der Waals surface area contributed by atoms with Gasteiger partial charge in [-0.2, -0.15) is 0 Å². The Hall–Kier alpha value is -7.36. The van der Waals surface area contributed by atoms with Gasteiger partial charge < -0.3 is 9.30 Å². The van der Waals surface area contributed by atoms with E-state index in [-0.39, 0.29) is 6.71 Å². The average molecular weight is 736 g/mol. The number of ether oxygens (including phenoxy) is 1. The molecule has 0 radical (unpaired) electrons. The van der Waals surface area contributed by atoms with Crippen LogP contribution in [-0.2, 0) is 5.41 Å². The summed E-state index contributed by atoms with van der Waals surface area (Å²) in [6, 6.07) is 76.3. The second-order valence-electron chi connectivity index (χ2n) is 15.9. The molecule has 10 aromatic rings. The molecule has 4 heterocycles. The van der Waals surface area contributed by atoms with Crippen molar-refractivity contribution in [3.63, 3.8) is 0 Å².